The van der Waals surface area contributed by atoms with Crippen molar-refractivity contribution in [2.45, 2.75) is 240 Å². The Kier molecular flexibility index (Phi) is 27.4. The molecule has 0 amide bonds. The molecule has 2 nitrogen and oxygen atoms in total. The Bertz CT molecular complexity index is 1440. The smallest absolute Gasteiger partial charge is 0.211 e. The molecule has 0 saturated heterocycles. The molecular formula is C55H88N2. The van der Waals surface area contributed by atoms with E-state index in [1.54, 1.807) is 4.70 Å². The maximum absolute atomic E-state index is 12.3. The van der Waals surface area contributed by atoms with Gasteiger partial charge in [-0.2, -0.15) is 0 Å². The minimum Gasteiger partial charge on any atom is -0.493 e. The number of nitrogens with zero attached hydrogens (tertiary/aromatic N) is 2. The summed E-state index contributed by atoms with van der Waals surface area (Å²) in [5.41, 5.74) is 22.3. The summed E-state index contributed by atoms with van der Waals surface area (Å²) in [6, 6.07) is 18.0. The van der Waals surface area contributed by atoms with E-state index < -0.39 is 0 Å². The second-order valence-electron chi connectivity index (χ2n) is 17.5. The molecule has 0 radical (unpaired) electrons. The van der Waals surface area contributed by atoms with Gasteiger partial charge in [0.05, 0.1) is 0 Å². The summed E-state index contributed by atoms with van der Waals surface area (Å²) >= 11 is 0. The van der Waals surface area contributed by atoms with Gasteiger partial charge in [-0.25, -0.2) is 4.70 Å². The van der Waals surface area contributed by atoms with Crippen molar-refractivity contribution < 1.29 is 4.70 Å². The van der Waals surface area contributed by atoms with Crippen LogP contribution in [0.2, 0.25) is 0 Å². The van der Waals surface area contributed by atoms with Crippen LogP contribution in [0.15, 0.2) is 71.8 Å². The third-order valence-electron chi connectivity index (χ3n) is 12.4. The van der Waals surface area contributed by atoms with Crippen molar-refractivity contribution in [1.82, 2.24) is 0 Å². The lowest BCUT2D eigenvalue weighted by atomic mass is 9.90. The Morgan fingerprint density at radius 1 is 0.421 bits per heavy atom. The van der Waals surface area contributed by atoms with Crippen molar-refractivity contribution >= 4 is 11.4 Å². The zero-order valence-corrected chi connectivity index (χ0v) is 38.0. The van der Waals surface area contributed by atoms with Crippen molar-refractivity contribution in [2.24, 2.45) is 0 Å². The molecule has 2 heteroatoms. The summed E-state index contributed by atoms with van der Waals surface area (Å²) in [5.74, 6) is 0. The SMILES string of the molecule is CCCCCCCCCCCCCCCCCCC=CCCc1ccccc1C1=C(CCCC)C(CCCCCCCC)=C(c2cccc(CCCCC)c2)[N+]1=[N-]. The number of rotatable bonds is 36. The first-order valence-corrected chi connectivity index (χ1v) is 24.9. The van der Waals surface area contributed by atoms with Crippen LogP contribution in [-0.4, -0.2) is 4.70 Å². The van der Waals surface area contributed by atoms with Gasteiger partial charge >= 0.3 is 0 Å². The van der Waals surface area contributed by atoms with Gasteiger partial charge in [-0.1, -0.05) is 218 Å². The second kappa shape index (κ2) is 32.2. The van der Waals surface area contributed by atoms with Gasteiger partial charge in [0.25, 0.3) is 0 Å². The van der Waals surface area contributed by atoms with E-state index in [0.29, 0.717) is 0 Å². The summed E-state index contributed by atoms with van der Waals surface area (Å²) in [6.07, 6.45) is 47.7. The Balaban J connectivity index is 1.56. The third kappa shape index (κ3) is 19.3. The quantitative estimate of drug-likeness (QED) is 0.0374. The molecule has 0 saturated carbocycles. The molecule has 1 aliphatic rings. The van der Waals surface area contributed by atoms with E-state index in [-0.39, 0.29) is 0 Å². The first-order chi connectivity index (χ1) is 28.2. The number of hydrogen-bond acceptors (Lipinski definition) is 0. The average Bonchev–Trinajstić information content (AvgIpc) is 3.50. The molecule has 0 aromatic heterocycles. The predicted molar refractivity (Wildman–Crippen MR) is 253 cm³/mol. The van der Waals surface area contributed by atoms with E-state index in [9.17, 15) is 5.53 Å². The molecule has 0 bridgehead atoms. The third-order valence-corrected chi connectivity index (χ3v) is 12.4. The van der Waals surface area contributed by atoms with E-state index in [1.807, 2.05) is 0 Å². The lowest BCUT2D eigenvalue weighted by molar-refractivity contribution is -0.345. The highest BCUT2D eigenvalue weighted by Gasteiger charge is 2.36. The van der Waals surface area contributed by atoms with Crippen LogP contribution in [-0.2, 0) is 12.8 Å². The maximum Gasteiger partial charge on any atom is 0.211 e. The molecule has 0 spiro atoms. The van der Waals surface area contributed by atoms with Gasteiger partial charge in [-0.05, 0) is 93.5 Å². The van der Waals surface area contributed by atoms with Crippen molar-refractivity contribution in [1.29, 1.82) is 0 Å². The molecule has 0 atom stereocenters. The van der Waals surface area contributed by atoms with E-state index in [2.05, 4.69) is 88.4 Å². The second-order valence-corrected chi connectivity index (χ2v) is 17.5. The molecule has 0 aliphatic carbocycles. The minimum absolute atomic E-state index is 0.999. The van der Waals surface area contributed by atoms with Gasteiger partial charge in [0, 0.05) is 22.3 Å². The van der Waals surface area contributed by atoms with Crippen LogP contribution >= 0.6 is 0 Å². The van der Waals surface area contributed by atoms with Crippen LogP contribution in [0.5, 0.6) is 0 Å². The monoisotopic (exact) mass is 777 g/mol. The molecule has 2 aromatic carbocycles. The van der Waals surface area contributed by atoms with Crippen molar-refractivity contribution in [3.63, 3.8) is 0 Å². The number of hydrogen-bond donors (Lipinski definition) is 0. The van der Waals surface area contributed by atoms with Gasteiger partial charge in [0.1, 0.15) is 0 Å². The van der Waals surface area contributed by atoms with Crippen LogP contribution in [0, 0.1) is 0 Å². The molecule has 2 aromatic rings. The Hall–Kier alpha value is -2.74. The molecule has 1 heterocycles. The first-order valence-electron chi connectivity index (χ1n) is 24.9. The largest absolute Gasteiger partial charge is 0.493 e. The summed E-state index contributed by atoms with van der Waals surface area (Å²) in [7, 11) is 0. The van der Waals surface area contributed by atoms with Crippen LogP contribution < -0.4 is 0 Å². The fourth-order valence-electron chi connectivity index (χ4n) is 8.91. The highest BCUT2D eigenvalue weighted by Crippen LogP contribution is 2.45. The lowest BCUT2D eigenvalue weighted by Crippen LogP contribution is -2.05. The molecule has 3 rings (SSSR count). The van der Waals surface area contributed by atoms with Gasteiger partial charge in [0.2, 0.25) is 11.4 Å². The molecular weight excluding hydrogens is 689 g/mol. The van der Waals surface area contributed by atoms with Crippen LogP contribution in [0.1, 0.15) is 249 Å². The van der Waals surface area contributed by atoms with Crippen molar-refractivity contribution in [3.8, 4) is 0 Å². The van der Waals surface area contributed by atoms with E-state index in [4.69, 9.17) is 0 Å². The molecule has 0 N–H and O–H groups in total. The minimum atomic E-state index is 0.999. The van der Waals surface area contributed by atoms with Crippen molar-refractivity contribution in [2.75, 3.05) is 0 Å². The summed E-state index contributed by atoms with van der Waals surface area (Å²) < 4.78 is 1.62. The molecule has 57 heavy (non-hydrogen) atoms. The van der Waals surface area contributed by atoms with Crippen LogP contribution in [0.4, 0.5) is 0 Å². The standard InChI is InChI=1S/C55H88N2/c1-5-9-13-15-17-18-19-20-21-22-23-24-25-26-27-28-29-30-31-34-41-49-42-36-37-45-51(49)55-53(44-12-8-4)52(46-35-32-16-14-10-6-2)54(57(55)56)50-43-38-40-48(47-50)39-33-11-7-3/h30-31,36-38,40,42-43,45,47H,5-29,32-35,39,41,44,46H2,1-4H3. The Morgan fingerprint density at radius 2 is 0.895 bits per heavy atom. The van der Waals surface area contributed by atoms with E-state index in [0.717, 1.165) is 56.3 Å². The van der Waals surface area contributed by atoms with Gasteiger partial charge < -0.3 is 5.53 Å². The van der Waals surface area contributed by atoms with Gasteiger partial charge in [-0.15, -0.1) is 0 Å². The Labute approximate surface area is 354 Å². The van der Waals surface area contributed by atoms with Gasteiger partial charge in [0.15, 0.2) is 0 Å². The zero-order chi connectivity index (χ0) is 40.6. The van der Waals surface area contributed by atoms with Gasteiger partial charge in [-0.3, -0.25) is 0 Å². The maximum atomic E-state index is 12.3. The number of benzene rings is 2. The topological polar surface area (TPSA) is 25.3 Å². The summed E-state index contributed by atoms with van der Waals surface area (Å²) in [5, 5.41) is 0. The highest BCUT2D eigenvalue weighted by molar-refractivity contribution is 5.83. The fraction of sp³-hybridized carbons (Fsp3) is 0.673. The molecule has 0 fully saturated rings. The fourth-order valence-corrected chi connectivity index (χ4v) is 8.91. The molecule has 0 unspecified atom stereocenters. The van der Waals surface area contributed by atoms with E-state index >= 15 is 0 Å². The van der Waals surface area contributed by atoms with Crippen molar-refractivity contribution in [3.05, 3.63) is 99.6 Å². The highest BCUT2D eigenvalue weighted by atomic mass is 15.2. The zero-order valence-electron chi connectivity index (χ0n) is 38.0. The predicted octanol–water partition coefficient (Wildman–Crippen LogP) is 18.7. The number of allylic oxidation sites excluding steroid dienone is 4. The Morgan fingerprint density at radius 3 is 1.51 bits per heavy atom. The van der Waals surface area contributed by atoms with Crippen LogP contribution in [0.3, 0.4) is 0 Å². The molecule has 318 valence electrons. The summed E-state index contributed by atoms with van der Waals surface area (Å²) in [4.78, 5) is 0. The number of unbranched alkanes of at least 4 members (excludes halogenated alkanes) is 24. The van der Waals surface area contributed by atoms with Crippen LogP contribution in [0.25, 0.3) is 16.9 Å². The molecule has 1 aliphatic heterocycles. The number of aryl methyl sites for hydroxylation is 2. The first kappa shape index (κ1) is 48.6. The average molecular weight is 777 g/mol. The summed E-state index contributed by atoms with van der Waals surface area (Å²) in [6.45, 7) is 9.17. The van der Waals surface area contributed by atoms with E-state index in [1.165, 1.54) is 200 Å². The lowest BCUT2D eigenvalue weighted by Gasteiger charge is -2.13. The normalized spacial score (nSPS) is 13.3.